The van der Waals surface area contributed by atoms with Crippen molar-refractivity contribution in [2.45, 2.75) is 6.92 Å². The molecule has 2 amide bonds. The molecule has 28 heavy (non-hydrogen) atoms. The maximum absolute atomic E-state index is 12.7. The van der Waals surface area contributed by atoms with Crippen LogP contribution in [0.3, 0.4) is 0 Å². The summed E-state index contributed by atoms with van der Waals surface area (Å²) in [5.41, 5.74) is 1.11. The Labute approximate surface area is 163 Å². The Morgan fingerprint density at radius 3 is 2.36 bits per heavy atom. The lowest BCUT2D eigenvalue weighted by Gasteiger charge is -2.13. The number of nitrogens with one attached hydrogen (secondary N) is 2. The third-order valence-electron chi connectivity index (χ3n) is 3.65. The van der Waals surface area contributed by atoms with Gasteiger partial charge in [0.1, 0.15) is 18.1 Å². The molecule has 2 rings (SSSR count). The minimum atomic E-state index is -0.501. The number of amides is 2. The van der Waals surface area contributed by atoms with Crippen LogP contribution in [0.15, 0.2) is 60.3 Å². The summed E-state index contributed by atoms with van der Waals surface area (Å²) in [7, 11) is 1.47. The van der Waals surface area contributed by atoms with Crippen LogP contribution in [0.25, 0.3) is 6.08 Å². The number of hydrogen-bond acceptors (Lipinski definition) is 5. The summed E-state index contributed by atoms with van der Waals surface area (Å²) >= 11 is 0. The smallest absolute Gasteiger partial charge is 0.302 e. The van der Waals surface area contributed by atoms with Gasteiger partial charge < -0.3 is 20.1 Å². The number of carbonyl (C=O) groups excluding carboxylic acids is 3. The molecule has 7 nitrogen and oxygen atoms in total. The van der Waals surface area contributed by atoms with Crippen molar-refractivity contribution in [3.63, 3.8) is 0 Å². The summed E-state index contributed by atoms with van der Waals surface area (Å²) in [5, 5.41) is 5.24. The normalized spacial score (nSPS) is 10.7. The lowest BCUT2D eigenvalue weighted by Crippen LogP contribution is -2.36. The zero-order chi connectivity index (χ0) is 20.4. The predicted octanol–water partition coefficient (Wildman–Crippen LogP) is 2.15. The zero-order valence-electron chi connectivity index (χ0n) is 15.7. The van der Waals surface area contributed by atoms with Gasteiger partial charge in [0.05, 0.1) is 19.2 Å². The molecule has 2 aromatic carbocycles. The highest BCUT2D eigenvalue weighted by Crippen LogP contribution is 2.17. The van der Waals surface area contributed by atoms with Crippen LogP contribution in [0.2, 0.25) is 0 Å². The molecule has 146 valence electrons. The fourth-order valence-electron chi connectivity index (χ4n) is 2.35. The molecule has 0 fully saturated rings. The van der Waals surface area contributed by atoms with Crippen molar-refractivity contribution in [1.82, 2.24) is 10.6 Å². The highest BCUT2D eigenvalue weighted by molar-refractivity contribution is 6.06. The van der Waals surface area contributed by atoms with Gasteiger partial charge in [0.15, 0.2) is 0 Å². The minimum absolute atomic E-state index is 0.0418. The van der Waals surface area contributed by atoms with Crippen molar-refractivity contribution in [2.24, 2.45) is 0 Å². The Bertz CT molecular complexity index is 862. The quantitative estimate of drug-likeness (QED) is 0.414. The average molecular weight is 382 g/mol. The van der Waals surface area contributed by atoms with E-state index in [1.807, 2.05) is 18.2 Å². The standard InChI is InChI=1S/C21H22N2O5/c1-15(24)28-13-12-22-21(26)18(14-16-8-4-3-5-9-16)23-20(25)17-10-6-7-11-19(17)27-2/h3-11,14H,12-13H2,1-2H3,(H,22,26)(H,23,25). The van der Waals surface area contributed by atoms with E-state index in [1.165, 1.54) is 14.0 Å². The first-order valence-corrected chi connectivity index (χ1v) is 8.64. The summed E-state index contributed by atoms with van der Waals surface area (Å²) in [6, 6.07) is 15.8. The molecular formula is C21H22N2O5. The fourth-order valence-corrected chi connectivity index (χ4v) is 2.35. The number of para-hydroxylation sites is 1. The van der Waals surface area contributed by atoms with Gasteiger partial charge in [0.25, 0.3) is 11.8 Å². The number of benzene rings is 2. The molecule has 0 unspecified atom stereocenters. The molecule has 0 heterocycles. The number of rotatable bonds is 8. The van der Waals surface area contributed by atoms with Gasteiger partial charge in [-0.05, 0) is 23.8 Å². The largest absolute Gasteiger partial charge is 0.496 e. The third-order valence-corrected chi connectivity index (χ3v) is 3.65. The van der Waals surface area contributed by atoms with Crippen LogP contribution in [0.4, 0.5) is 0 Å². The molecule has 0 aromatic heterocycles. The number of methoxy groups -OCH3 is 1. The number of carbonyl (C=O) groups is 3. The maximum Gasteiger partial charge on any atom is 0.302 e. The van der Waals surface area contributed by atoms with Gasteiger partial charge in [0, 0.05) is 6.92 Å². The number of ether oxygens (including phenoxy) is 2. The molecular weight excluding hydrogens is 360 g/mol. The molecule has 0 atom stereocenters. The summed E-state index contributed by atoms with van der Waals surface area (Å²) < 4.78 is 9.99. The van der Waals surface area contributed by atoms with E-state index in [0.717, 1.165) is 5.56 Å². The van der Waals surface area contributed by atoms with Crippen molar-refractivity contribution in [1.29, 1.82) is 0 Å². The van der Waals surface area contributed by atoms with Crippen molar-refractivity contribution < 1.29 is 23.9 Å². The first-order chi connectivity index (χ1) is 13.5. The molecule has 0 saturated heterocycles. The molecule has 7 heteroatoms. The monoisotopic (exact) mass is 382 g/mol. The Balaban J connectivity index is 2.18. The van der Waals surface area contributed by atoms with E-state index in [9.17, 15) is 14.4 Å². The summed E-state index contributed by atoms with van der Waals surface area (Å²) in [4.78, 5) is 36.0. The van der Waals surface area contributed by atoms with E-state index < -0.39 is 17.8 Å². The van der Waals surface area contributed by atoms with E-state index in [4.69, 9.17) is 9.47 Å². The molecule has 0 aliphatic carbocycles. The highest BCUT2D eigenvalue weighted by Gasteiger charge is 2.17. The minimum Gasteiger partial charge on any atom is -0.496 e. The second-order valence-electron chi connectivity index (χ2n) is 5.72. The van der Waals surface area contributed by atoms with Gasteiger partial charge in [0.2, 0.25) is 0 Å². The summed E-state index contributed by atoms with van der Waals surface area (Å²) in [5.74, 6) is -1.01. The van der Waals surface area contributed by atoms with Crippen molar-refractivity contribution in [2.75, 3.05) is 20.3 Å². The second kappa shape index (κ2) is 10.5. The van der Waals surface area contributed by atoms with Crippen LogP contribution in [0.1, 0.15) is 22.8 Å². The van der Waals surface area contributed by atoms with Gasteiger partial charge in [-0.1, -0.05) is 42.5 Å². The van der Waals surface area contributed by atoms with Crippen LogP contribution in [0.5, 0.6) is 5.75 Å². The second-order valence-corrected chi connectivity index (χ2v) is 5.72. The van der Waals surface area contributed by atoms with Crippen molar-refractivity contribution in [3.8, 4) is 5.75 Å². The third kappa shape index (κ3) is 6.28. The highest BCUT2D eigenvalue weighted by atomic mass is 16.5. The van der Waals surface area contributed by atoms with E-state index in [-0.39, 0.29) is 18.8 Å². The predicted molar refractivity (Wildman–Crippen MR) is 105 cm³/mol. The van der Waals surface area contributed by atoms with Gasteiger partial charge in [-0.15, -0.1) is 0 Å². The molecule has 2 aromatic rings. The van der Waals surface area contributed by atoms with Gasteiger partial charge in [-0.25, -0.2) is 0 Å². The maximum atomic E-state index is 12.7. The lowest BCUT2D eigenvalue weighted by molar-refractivity contribution is -0.141. The first-order valence-electron chi connectivity index (χ1n) is 8.64. The van der Waals surface area contributed by atoms with Crippen LogP contribution >= 0.6 is 0 Å². The number of hydrogen-bond donors (Lipinski definition) is 2. The molecule has 0 radical (unpaired) electrons. The van der Waals surface area contributed by atoms with Gasteiger partial charge in [-0.2, -0.15) is 0 Å². The molecule has 0 spiro atoms. The molecule has 0 aliphatic rings. The topological polar surface area (TPSA) is 93.7 Å². The summed E-state index contributed by atoms with van der Waals surface area (Å²) in [6.07, 6.45) is 1.56. The summed E-state index contributed by atoms with van der Waals surface area (Å²) in [6.45, 7) is 1.45. The lowest BCUT2D eigenvalue weighted by atomic mass is 10.1. The van der Waals surface area contributed by atoms with Crippen molar-refractivity contribution >= 4 is 23.9 Å². The SMILES string of the molecule is COc1ccccc1C(=O)NC(=Cc1ccccc1)C(=O)NCCOC(C)=O. The van der Waals surface area contributed by atoms with Crippen LogP contribution < -0.4 is 15.4 Å². The molecule has 0 bridgehead atoms. The Morgan fingerprint density at radius 1 is 1.00 bits per heavy atom. The van der Waals surface area contributed by atoms with Crippen LogP contribution in [-0.2, 0) is 14.3 Å². The van der Waals surface area contributed by atoms with Crippen LogP contribution in [0, 0.1) is 0 Å². The Morgan fingerprint density at radius 2 is 1.68 bits per heavy atom. The van der Waals surface area contributed by atoms with Gasteiger partial charge >= 0.3 is 5.97 Å². The van der Waals surface area contributed by atoms with E-state index in [1.54, 1.807) is 42.5 Å². The van der Waals surface area contributed by atoms with Gasteiger partial charge in [-0.3, -0.25) is 14.4 Å². The molecule has 0 aliphatic heterocycles. The average Bonchev–Trinajstić information content (AvgIpc) is 2.71. The first kappa shape index (κ1) is 20.7. The Hall–Kier alpha value is -3.61. The number of esters is 1. The fraction of sp³-hybridized carbons (Fsp3) is 0.190. The zero-order valence-corrected chi connectivity index (χ0v) is 15.7. The molecule has 2 N–H and O–H groups in total. The van der Waals surface area contributed by atoms with E-state index >= 15 is 0 Å². The molecule has 0 saturated carbocycles. The Kier molecular flexibility index (Phi) is 7.77. The van der Waals surface area contributed by atoms with Crippen molar-refractivity contribution in [3.05, 3.63) is 71.4 Å². The van der Waals surface area contributed by atoms with E-state index in [2.05, 4.69) is 10.6 Å². The van der Waals surface area contributed by atoms with Crippen LogP contribution in [-0.4, -0.2) is 38.0 Å². The van der Waals surface area contributed by atoms with E-state index in [0.29, 0.717) is 11.3 Å².